The van der Waals surface area contributed by atoms with Crippen LogP contribution in [0.2, 0.25) is 0 Å². The van der Waals surface area contributed by atoms with Crippen LogP contribution in [0, 0.1) is 16.0 Å². The van der Waals surface area contributed by atoms with Crippen molar-refractivity contribution in [1.29, 1.82) is 0 Å². The fraction of sp³-hybridized carbons (Fsp3) is 0.500. The first kappa shape index (κ1) is 16.9. The Hall–Kier alpha value is -2.15. The molecule has 0 aliphatic rings. The fourth-order valence-electron chi connectivity index (χ4n) is 1.65. The van der Waals surface area contributed by atoms with E-state index in [2.05, 4.69) is 19.2 Å². The van der Waals surface area contributed by atoms with Crippen molar-refractivity contribution in [3.8, 4) is 0 Å². The number of nitrogens with zero attached hydrogens (tertiary/aromatic N) is 1. The van der Waals surface area contributed by atoms with Crippen LogP contribution in [-0.2, 0) is 4.74 Å². The number of nitrogens with two attached hydrogens (primary N) is 1. The predicted octanol–water partition coefficient (Wildman–Crippen LogP) is 1.97. The first-order valence-corrected chi connectivity index (χ1v) is 6.81. The summed E-state index contributed by atoms with van der Waals surface area (Å²) < 4.78 is 5.36. The molecule has 0 aliphatic heterocycles. The monoisotopic (exact) mass is 295 g/mol. The summed E-state index contributed by atoms with van der Waals surface area (Å²) >= 11 is 0. The van der Waals surface area contributed by atoms with Gasteiger partial charge in [-0.15, -0.1) is 0 Å². The van der Waals surface area contributed by atoms with Gasteiger partial charge < -0.3 is 15.8 Å². The molecule has 0 heterocycles. The summed E-state index contributed by atoms with van der Waals surface area (Å²) in [6.07, 6.45) is 0.953. The number of anilines is 1. The summed E-state index contributed by atoms with van der Waals surface area (Å²) in [5.41, 5.74) is 5.56. The molecule has 1 rings (SSSR count). The summed E-state index contributed by atoms with van der Waals surface area (Å²) in [5.74, 6) is 0.0380. The minimum atomic E-state index is -0.604. The number of carbonyl (C=O) groups excluding carboxylic acids is 1. The Balaban J connectivity index is 2.49. The van der Waals surface area contributed by atoms with E-state index in [0.717, 1.165) is 6.42 Å². The Bertz CT molecular complexity index is 503. The topological polar surface area (TPSA) is 107 Å². The second kappa shape index (κ2) is 8.21. The third-order valence-electron chi connectivity index (χ3n) is 2.83. The molecule has 0 aliphatic carbocycles. The maximum Gasteiger partial charge on any atom is 0.282 e. The van der Waals surface area contributed by atoms with Crippen LogP contribution in [0.3, 0.4) is 0 Å². The van der Waals surface area contributed by atoms with Gasteiger partial charge in [-0.1, -0.05) is 13.8 Å². The normalized spacial score (nSPS) is 10.6. The zero-order chi connectivity index (χ0) is 15.8. The molecule has 0 saturated carbocycles. The van der Waals surface area contributed by atoms with Gasteiger partial charge in [-0.3, -0.25) is 14.9 Å². The van der Waals surface area contributed by atoms with Gasteiger partial charge in [0.1, 0.15) is 5.56 Å². The number of carbonyl (C=O) groups is 1. The lowest BCUT2D eigenvalue weighted by Gasteiger charge is -2.08. The van der Waals surface area contributed by atoms with E-state index in [0.29, 0.717) is 31.4 Å². The minimum Gasteiger partial charge on any atom is -0.399 e. The minimum absolute atomic E-state index is 0.0396. The number of nitrogens with one attached hydrogen (secondary N) is 1. The van der Waals surface area contributed by atoms with E-state index in [4.69, 9.17) is 10.5 Å². The van der Waals surface area contributed by atoms with Gasteiger partial charge in [0.25, 0.3) is 11.6 Å². The van der Waals surface area contributed by atoms with Crippen LogP contribution in [0.1, 0.15) is 30.6 Å². The van der Waals surface area contributed by atoms with Gasteiger partial charge in [-0.2, -0.15) is 0 Å². The Kier molecular flexibility index (Phi) is 6.61. The largest absolute Gasteiger partial charge is 0.399 e. The highest BCUT2D eigenvalue weighted by atomic mass is 16.6. The lowest BCUT2D eigenvalue weighted by atomic mass is 10.1. The standard InChI is InChI=1S/C14H21N3O4/c1-10(2)5-7-21-8-6-16-14(18)12-9-11(15)3-4-13(12)17(19)20/h3-4,9-10H,5-8,15H2,1-2H3,(H,16,18). The van der Waals surface area contributed by atoms with E-state index >= 15 is 0 Å². The van der Waals surface area contributed by atoms with Crippen LogP contribution in [-0.4, -0.2) is 30.6 Å². The molecule has 1 amide bonds. The molecule has 1 aromatic rings. The van der Waals surface area contributed by atoms with Crippen LogP contribution in [0.15, 0.2) is 18.2 Å². The van der Waals surface area contributed by atoms with Crippen molar-refractivity contribution in [2.24, 2.45) is 5.92 Å². The van der Waals surface area contributed by atoms with Crippen molar-refractivity contribution in [3.05, 3.63) is 33.9 Å². The lowest BCUT2D eigenvalue weighted by molar-refractivity contribution is -0.385. The van der Waals surface area contributed by atoms with Crippen LogP contribution >= 0.6 is 0 Å². The number of hydrogen-bond acceptors (Lipinski definition) is 5. The van der Waals surface area contributed by atoms with Crippen molar-refractivity contribution in [1.82, 2.24) is 5.32 Å². The van der Waals surface area contributed by atoms with E-state index in [1.165, 1.54) is 18.2 Å². The average Bonchev–Trinajstić information content (AvgIpc) is 2.41. The first-order chi connectivity index (χ1) is 9.91. The Morgan fingerprint density at radius 1 is 1.43 bits per heavy atom. The number of benzene rings is 1. The van der Waals surface area contributed by atoms with E-state index in [-0.39, 0.29) is 11.3 Å². The molecule has 3 N–H and O–H groups in total. The van der Waals surface area contributed by atoms with Gasteiger partial charge in [0.05, 0.1) is 11.5 Å². The molecule has 0 bridgehead atoms. The number of ether oxygens (including phenoxy) is 1. The molecule has 0 atom stereocenters. The molecule has 0 unspecified atom stereocenters. The third-order valence-corrected chi connectivity index (χ3v) is 2.83. The number of rotatable bonds is 8. The Morgan fingerprint density at radius 2 is 2.14 bits per heavy atom. The SMILES string of the molecule is CC(C)CCOCCNC(=O)c1cc(N)ccc1[N+](=O)[O-]. The summed E-state index contributed by atoms with van der Waals surface area (Å²) in [7, 11) is 0. The highest BCUT2D eigenvalue weighted by molar-refractivity contribution is 5.99. The molecule has 0 saturated heterocycles. The zero-order valence-corrected chi connectivity index (χ0v) is 12.3. The average molecular weight is 295 g/mol. The number of amides is 1. The quantitative estimate of drug-likeness (QED) is 0.330. The molecule has 1 aromatic carbocycles. The molecule has 0 spiro atoms. The predicted molar refractivity (Wildman–Crippen MR) is 80.1 cm³/mol. The van der Waals surface area contributed by atoms with Crippen molar-refractivity contribution < 1.29 is 14.5 Å². The second-order valence-electron chi connectivity index (χ2n) is 5.08. The van der Waals surface area contributed by atoms with Crippen LogP contribution in [0.25, 0.3) is 0 Å². The van der Waals surface area contributed by atoms with Crippen LogP contribution in [0.5, 0.6) is 0 Å². The second-order valence-corrected chi connectivity index (χ2v) is 5.08. The molecule has 7 nitrogen and oxygen atoms in total. The zero-order valence-electron chi connectivity index (χ0n) is 12.3. The third kappa shape index (κ3) is 5.78. The van der Waals surface area contributed by atoms with E-state index in [1.807, 2.05) is 0 Å². The van der Waals surface area contributed by atoms with E-state index < -0.39 is 10.8 Å². The summed E-state index contributed by atoms with van der Waals surface area (Å²) in [6, 6.07) is 3.92. The summed E-state index contributed by atoms with van der Waals surface area (Å²) in [6.45, 7) is 5.50. The fourth-order valence-corrected chi connectivity index (χ4v) is 1.65. The summed E-state index contributed by atoms with van der Waals surface area (Å²) in [5, 5.41) is 13.5. The first-order valence-electron chi connectivity index (χ1n) is 6.81. The molecule has 21 heavy (non-hydrogen) atoms. The van der Waals surface area contributed by atoms with Gasteiger partial charge in [0, 0.05) is 24.9 Å². The highest BCUT2D eigenvalue weighted by Crippen LogP contribution is 2.20. The van der Waals surface area contributed by atoms with Gasteiger partial charge >= 0.3 is 0 Å². The van der Waals surface area contributed by atoms with E-state index in [9.17, 15) is 14.9 Å². The molecule has 7 heteroatoms. The van der Waals surface area contributed by atoms with Crippen LogP contribution in [0.4, 0.5) is 11.4 Å². The number of hydrogen-bond donors (Lipinski definition) is 2. The van der Waals surface area contributed by atoms with Gasteiger partial charge in [0.15, 0.2) is 0 Å². The molecule has 116 valence electrons. The molecule has 0 aromatic heterocycles. The molecule has 0 radical (unpaired) electrons. The number of nitrogen functional groups attached to an aromatic ring is 1. The van der Waals surface area contributed by atoms with Gasteiger partial charge in [-0.25, -0.2) is 0 Å². The summed E-state index contributed by atoms with van der Waals surface area (Å²) in [4.78, 5) is 22.2. The Labute approximate surface area is 123 Å². The van der Waals surface area contributed by atoms with Crippen molar-refractivity contribution >= 4 is 17.3 Å². The maximum atomic E-state index is 11.9. The molecule has 0 fully saturated rings. The smallest absolute Gasteiger partial charge is 0.282 e. The number of nitro groups is 1. The van der Waals surface area contributed by atoms with Gasteiger partial charge in [-0.05, 0) is 24.5 Å². The maximum absolute atomic E-state index is 11.9. The van der Waals surface area contributed by atoms with Gasteiger partial charge in [0.2, 0.25) is 0 Å². The molecular formula is C14H21N3O4. The number of nitro benzene ring substituents is 1. The Morgan fingerprint density at radius 3 is 2.76 bits per heavy atom. The van der Waals surface area contributed by atoms with Crippen molar-refractivity contribution in [3.63, 3.8) is 0 Å². The lowest BCUT2D eigenvalue weighted by Crippen LogP contribution is -2.28. The van der Waals surface area contributed by atoms with Crippen molar-refractivity contribution in [2.45, 2.75) is 20.3 Å². The molecular weight excluding hydrogens is 274 g/mol. The van der Waals surface area contributed by atoms with Crippen LogP contribution < -0.4 is 11.1 Å². The van der Waals surface area contributed by atoms with E-state index in [1.54, 1.807) is 0 Å². The highest BCUT2D eigenvalue weighted by Gasteiger charge is 2.19. The van der Waals surface area contributed by atoms with Crippen molar-refractivity contribution in [2.75, 3.05) is 25.5 Å².